The van der Waals surface area contributed by atoms with Gasteiger partial charge in [-0.05, 0) is 37.5 Å². The molecule has 0 spiro atoms. The second-order valence-electron chi connectivity index (χ2n) is 7.84. The van der Waals surface area contributed by atoms with Crippen LogP contribution >= 0.6 is 0 Å². The number of amides is 3. The van der Waals surface area contributed by atoms with Gasteiger partial charge in [0.1, 0.15) is 6.10 Å². The molecule has 3 atom stereocenters. The van der Waals surface area contributed by atoms with E-state index in [0.717, 1.165) is 18.2 Å². The summed E-state index contributed by atoms with van der Waals surface area (Å²) in [5.41, 5.74) is 0. The zero-order valence-electron chi connectivity index (χ0n) is 20.7. The SMILES string of the molecule is C=CC(=O)NCCC(O)COCC(COCC(O)CCNC(=O)C=C)OCC(O)CCNC(=O)C=C. The van der Waals surface area contributed by atoms with Crippen molar-refractivity contribution in [2.75, 3.05) is 52.7 Å². The normalized spacial score (nSPS) is 14.1. The fourth-order valence-electron chi connectivity index (χ4n) is 2.61. The standard InChI is InChI=1S/C24H41N3O9/c1-4-22(31)25-10-7-18(28)13-34-16-21(36-15-20(30)9-12-27-24(33)6-3)17-35-14-19(29)8-11-26-23(32)5-2/h4-6,18-21,28-30H,1-3,7-17H2,(H,25,31)(H,26,32)(H,27,33). The molecule has 0 bridgehead atoms. The molecule has 206 valence electrons. The minimum atomic E-state index is -0.851. The van der Waals surface area contributed by atoms with Crippen LogP contribution < -0.4 is 16.0 Å². The minimum Gasteiger partial charge on any atom is -0.391 e. The van der Waals surface area contributed by atoms with E-state index < -0.39 is 24.4 Å². The van der Waals surface area contributed by atoms with Crippen LogP contribution in [0.1, 0.15) is 19.3 Å². The highest BCUT2D eigenvalue weighted by Crippen LogP contribution is 2.03. The second-order valence-corrected chi connectivity index (χ2v) is 7.84. The number of carbonyl (C=O) groups excluding carboxylic acids is 3. The van der Waals surface area contributed by atoms with Crippen LogP contribution in [0.15, 0.2) is 38.0 Å². The molecule has 0 heterocycles. The lowest BCUT2D eigenvalue weighted by molar-refractivity contribution is -0.117. The van der Waals surface area contributed by atoms with Gasteiger partial charge in [-0.3, -0.25) is 14.4 Å². The summed E-state index contributed by atoms with van der Waals surface area (Å²) in [6, 6.07) is 0. The van der Waals surface area contributed by atoms with Crippen LogP contribution in [0.5, 0.6) is 0 Å². The molecule has 0 aliphatic heterocycles. The number of aliphatic hydroxyl groups excluding tert-OH is 3. The highest BCUT2D eigenvalue weighted by Gasteiger charge is 2.16. The Bertz CT molecular complexity index is 637. The van der Waals surface area contributed by atoms with E-state index in [4.69, 9.17) is 14.2 Å². The Labute approximate surface area is 212 Å². The summed E-state index contributed by atoms with van der Waals surface area (Å²) in [4.78, 5) is 33.4. The fraction of sp³-hybridized carbons (Fsp3) is 0.625. The molecule has 0 saturated heterocycles. The number of hydrogen-bond donors (Lipinski definition) is 6. The number of aliphatic hydroxyl groups is 3. The summed E-state index contributed by atoms with van der Waals surface area (Å²) in [7, 11) is 0. The first-order chi connectivity index (χ1) is 17.2. The Morgan fingerprint density at radius 2 is 0.944 bits per heavy atom. The topological polar surface area (TPSA) is 176 Å². The second kappa shape index (κ2) is 21.7. The van der Waals surface area contributed by atoms with Crippen molar-refractivity contribution in [1.82, 2.24) is 16.0 Å². The van der Waals surface area contributed by atoms with Gasteiger partial charge in [-0.25, -0.2) is 0 Å². The molecule has 0 aromatic carbocycles. The smallest absolute Gasteiger partial charge is 0.243 e. The Morgan fingerprint density at radius 3 is 1.28 bits per heavy atom. The fourth-order valence-corrected chi connectivity index (χ4v) is 2.61. The van der Waals surface area contributed by atoms with Crippen molar-refractivity contribution in [3.05, 3.63) is 38.0 Å². The first-order valence-corrected chi connectivity index (χ1v) is 11.7. The van der Waals surface area contributed by atoms with Gasteiger partial charge < -0.3 is 45.5 Å². The van der Waals surface area contributed by atoms with Gasteiger partial charge in [0.15, 0.2) is 0 Å². The van der Waals surface area contributed by atoms with Crippen LogP contribution in [0.25, 0.3) is 0 Å². The van der Waals surface area contributed by atoms with Crippen molar-refractivity contribution < 1.29 is 43.9 Å². The first-order valence-electron chi connectivity index (χ1n) is 11.7. The zero-order valence-corrected chi connectivity index (χ0v) is 20.7. The van der Waals surface area contributed by atoms with Crippen molar-refractivity contribution in [1.29, 1.82) is 0 Å². The van der Waals surface area contributed by atoms with Gasteiger partial charge in [0.2, 0.25) is 17.7 Å². The molecule has 0 aromatic rings. The van der Waals surface area contributed by atoms with Crippen molar-refractivity contribution in [3.8, 4) is 0 Å². The molecule has 36 heavy (non-hydrogen) atoms. The van der Waals surface area contributed by atoms with Crippen LogP contribution in [0.3, 0.4) is 0 Å². The van der Waals surface area contributed by atoms with Crippen LogP contribution in [-0.4, -0.2) is 110 Å². The predicted octanol–water partition coefficient (Wildman–Crippen LogP) is -1.44. The van der Waals surface area contributed by atoms with Gasteiger partial charge in [0.25, 0.3) is 0 Å². The number of hydrogen-bond acceptors (Lipinski definition) is 9. The largest absolute Gasteiger partial charge is 0.391 e. The van der Waals surface area contributed by atoms with Crippen molar-refractivity contribution in [2.24, 2.45) is 0 Å². The molecule has 0 radical (unpaired) electrons. The third-order valence-corrected chi connectivity index (χ3v) is 4.64. The molecule has 0 fully saturated rings. The van der Waals surface area contributed by atoms with Gasteiger partial charge in [0, 0.05) is 19.6 Å². The maximum atomic E-state index is 11.2. The highest BCUT2D eigenvalue weighted by molar-refractivity contribution is 5.87. The number of nitrogens with one attached hydrogen (secondary N) is 3. The van der Waals surface area contributed by atoms with E-state index in [1.54, 1.807) is 0 Å². The number of carbonyl (C=O) groups is 3. The molecule has 0 aliphatic rings. The lowest BCUT2D eigenvalue weighted by atomic mass is 10.2. The van der Waals surface area contributed by atoms with Crippen molar-refractivity contribution >= 4 is 17.7 Å². The van der Waals surface area contributed by atoms with E-state index in [9.17, 15) is 29.7 Å². The van der Waals surface area contributed by atoms with Gasteiger partial charge in [-0.1, -0.05) is 19.7 Å². The van der Waals surface area contributed by atoms with Gasteiger partial charge in [-0.15, -0.1) is 0 Å². The molecular formula is C24H41N3O9. The Kier molecular flexibility index (Phi) is 20.1. The average Bonchev–Trinajstić information content (AvgIpc) is 2.86. The van der Waals surface area contributed by atoms with Crippen LogP contribution in [0.2, 0.25) is 0 Å². The summed E-state index contributed by atoms with van der Waals surface area (Å²) < 4.78 is 16.7. The molecule has 0 rings (SSSR count). The summed E-state index contributed by atoms with van der Waals surface area (Å²) in [6.07, 6.45) is 1.15. The molecule has 0 aliphatic carbocycles. The van der Waals surface area contributed by atoms with E-state index in [1.165, 1.54) is 0 Å². The maximum absolute atomic E-state index is 11.2. The predicted molar refractivity (Wildman–Crippen MR) is 133 cm³/mol. The summed E-state index contributed by atoms with van der Waals surface area (Å²) in [5.74, 6) is -1.00. The van der Waals surface area contributed by atoms with E-state index in [2.05, 4.69) is 35.7 Å². The Balaban J connectivity index is 4.46. The van der Waals surface area contributed by atoms with E-state index in [1.807, 2.05) is 0 Å². The average molecular weight is 516 g/mol. The highest BCUT2D eigenvalue weighted by atomic mass is 16.6. The van der Waals surface area contributed by atoms with E-state index in [-0.39, 0.29) is 89.7 Å². The van der Waals surface area contributed by atoms with Crippen LogP contribution in [0.4, 0.5) is 0 Å². The van der Waals surface area contributed by atoms with Crippen LogP contribution in [0, 0.1) is 0 Å². The molecule has 0 saturated carbocycles. The molecule has 6 N–H and O–H groups in total. The maximum Gasteiger partial charge on any atom is 0.243 e. The quantitative estimate of drug-likeness (QED) is 0.0891. The van der Waals surface area contributed by atoms with Gasteiger partial charge >= 0.3 is 0 Å². The molecule has 3 unspecified atom stereocenters. The zero-order chi connectivity index (χ0) is 27.2. The molecule has 12 nitrogen and oxygen atoms in total. The monoisotopic (exact) mass is 515 g/mol. The van der Waals surface area contributed by atoms with Crippen molar-refractivity contribution in [2.45, 2.75) is 43.7 Å². The lowest BCUT2D eigenvalue weighted by Crippen LogP contribution is -2.34. The minimum absolute atomic E-state index is 0.00835. The third-order valence-electron chi connectivity index (χ3n) is 4.64. The molecule has 0 aromatic heterocycles. The molecule has 3 amide bonds. The number of rotatable bonds is 23. The van der Waals surface area contributed by atoms with E-state index in [0.29, 0.717) is 0 Å². The van der Waals surface area contributed by atoms with Gasteiger partial charge in [-0.2, -0.15) is 0 Å². The van der Waals surface area contributed by atoms with Gasteiger partial charge in [0.05, 0.1) is 51.3 Å². The Hall–Kier alpha value is -2.61. The summed E-state index contributed by atoms with van der Waals surface area (Å²) in [6.45, 7) is 10.8. The molecular weight excluding hydrogens is 474 g/mol. The number of ether oxygens (including phenoxy) is 3. The lowest BCUT2D eigenvalue weighted by Gasteiger charge is -2.22. The van der Waals surface area contributed by atoms with E-state index >= 15 is 0 Å². The third kappa shape index (κ3) is 19.7. The van der Waals surface area contributed by atoms with Crippen molar-refractivity contribution in [3.63, 3.8) is 0 Å². The first kappa shape index (κ1) is 33.4. The Morgan fingerprint density at radius 1 is 0.611 bits per heavy atom. The van der Waals surface area contributed by atoms with Crippen LogP contribution in [-0.2, 0) is 28.6 Å². The molecule has 12 heteroatoms. The summed E-state index contributed by atoms with van der Waals surface area (Å²) in [5, 5.41) is 37.7. The summed E-state index contributed by atoms with van der Waals surface area (Å²) >= 11 is 0.